The van der Waals surface area contributed by atoms with Crippen molar-refractivity contribution in [1.29, 1.82) is 0 Å². The number of nitrogens with zero attached hydrogens (tertiary/aromatic N) is 2. The Balaban J connectivity index is 0.000000216. The van der Waals surface area contributed by atoms with Crippen LogP contribution in [0.1, 0.15) is 50.7 Å². The molecule has 0 aliphatic carbocycles. The van der Waals surface area contributed by atoms with E-state index >= 15 is 0 Å². The first-order chi connectivity index (χ1) is 19.6. The first-order valence-corrected chi connectivity index (χ1v) is 18.7. The zero-order valence-electron chi connectivity index (χ0n) is 25.5. The van der Waals surface area contributed by atoms with Crippen LogP contribution in [0, 0.1) is 12.1 Å². The SMILES string of the molecule is CC(C)c1ccc(-c2[c-]cc([Si](C)(C)C)c3c2sc2ccccc23)nc1.CC(C)c1ccc(-c2[c-]cccc2)nc1.[Ir]. The maximum absolute atomic E-state index is 4.77. The van der Waals surface area contributed by atoms with Crippen molar-refractivity contribution in [2.24, 2.45) is 0 Å². The first kappa shape index (κ1) is 32.0. The van der Waals surface area contributed by atoms with E-state index in [4.69, 9.17) is 4.98 Å². The Morgan fingerprint density at radius 3 is 1.88 bits per heavy atom. The summed E-state index contributed by atoms with van der Waals surface area (Å²) >= 11 is 1.87. The van der Waals surface area contributed by atoms with E-state index in [-0.39, 0.29) is 20.1 Å². The Bertz CT molecular complexity index is 1750. The van der Waals surface area contributed by atoms with Gasteiger partial charge in [-0.15, -0.1) is 58.8 Å². The molecule has 6 rings (SSSR count). The summed E-state index contributed by atoms with van der Waals surface area (Å²) in [6.07, 6.45) is 3.96. The summed E-state index contributed by atoms with van der Waals surface area (Å²) in [4.78, 5) is 9.21. The maximum atomic E-state index is 4.77. The predicted molar refractivity (Wildman–Crippen MR) is 181 cm³/mol. The van der Waals surface area contributed by atoms with Crippen LogP contribution in [-0.2, 0) is 20.1 Å². The van der Waals surface area contributed by atoms with Gasteiger partial charge < -0.3 is 9.97 Å². The molecular weight excluding hydrogens is 725 g/mol. The van der Waals surface area contributed by atoms with Crippen LogP contribution in [0.5, 0.6) is 0 Å². The van der Waals surface area contributed by atoms with Gasteiger partial charge in [-0.3, -0.25) is 0 Å². The number of rotatable bonds is 5. The van der Waals surface area contributed by atoms with E-state index in [0.717, 1.165) is 22.5 Å². The molecular formula is C37H38IrN2SSi-2. The number of aromatic nitrogens is 2. The Labute approximate surface area is 269 Å². The van der Waals surface area contributed by atoms with Crippen LogP contribution in [0.25, 0.3) is 42.7 Å². The van der Waals surface area contributed by atoms with Crippen LogP contribution < -0.4 is 5.19 Å². The number of hydrogen-bond donors (Lipinski definition) is 0. The third-order valence-electron chi connectivity index (χ3n) is 7.41. The van der Waals surface area contributed by atoms with Crippen LogP contribution in [0.2, 0.25) is 19.6 Å². The quantitative estimate of drug-likeness (QED) is 0.129. The second-order valence-corrected chi connectivity index (χ2v) is 18.3. The van der Waals surface area contributed by atoms with Crippen molar-refractivity contribution in [3.63, 3.8) is 0 Å². The van der Waals surface area contributed by atoms with E-state index in [1.54, 1.807) is 0 Å². The van der Waals surface area contributed by atoms with Crippen molar-refractivity contribution in [1.82, 2.24) is 9.97 Å². The molecule has 217 valence electrons. The molecule has 6 aromatic rings. The Kier molecular flexibility index (Phi) is 10.3. The van der Waals surface area contributed by atoms with Gasteiger partial charge in [-0.05, 0) is 50.5 Å². The molecule has 0 N–H and O–H groups in total. The number of fused-ring (bicyclic) bond motifs is 3. The molecule has 0 bridgehead atoms. The first-order valence-electron chi connectivity index (χ1n) is 14.4. The molecule has 0 unspecified atom stereocenters. The van der Waals surface area contributed by atoms with Crippen LogP contribution in [0.4, 0.5) is 0 Å². The van der Waals surface area contributed by atoms with E-state index in [1.807, 2.05) is 48.0 Å². The van der Waals surface area contributed by atoms with Gasteiger partial charge in [-0.25, -0.2) is 0 Å². The van der Waals surface area contributed by atoms with Crippen molar-refractivity contribution in [2.75, 3.05) is 0 Å². The van der Waals surface area contributed by atoms with Gasteiger partial charge in [0, 0.05) is 45.3 Å². The average Bonchev–Trinajstić information content (AvgIpc) is 3.37. The van der Waals surface area contributed by atoms with Crippen LogP contribution in [-0.4, -0.2) is 18.0 Å². The molecule has 0 saturated heterocycles. The van der Waals surface area contributed by atoms with Gasteiger partial charge in [0.15, 0.2) is 0 Å². The van der Waals surface area contributed by atoms with Gasteiger partial charge >= 0.3 is 0 Å². The van der Waals surface area contributed by atoms with E-state index in [9.17, 15) is 0 Å². The van der Waals surface area contributed by atoms with Gasteiger partial charge in [0.1, 0.15) is 0 Å². The average molecular weight is 763 g/mol. The minimum absolute atomic E-state index is 0. The van der Waals surface area contributed by atoms with Crippen LogP contribution in [0.3, 0.4) is 0 Å². The van der Waals surface area contributed by atoms with Gasteiger partial charge in [-0.2, -0.15) is 11.3 Å². The summed E-state index contributed by atoms with van der Waals surface area (Å²) in [6.45, 7) is 16.0. The van der Waals surface area contributed by atoms with E-state index in [1.165, 1.54) is 36.5 Å². The Hall–Kier alpha value is -2.95. The summed E-state index contributed by atoms with van der Waals surface area (Å²) in [5.74, 6) is 1.03. The molecule has 3 heterocycles. The molecule has 0 spiro atoms. The van der Waals surface area contributed by atoms with Crippen LogP contribution >= 0.6 is 11.3 Å². The molecule has 0 fully saturated rings. The zero-order valence-corrected chi connectivity index (χ0v) is 29.7. The molecule has 2 nitrogen and oxygen atoms in total. The Morgan fingerprint density at radius 2 is 1.33 bits per heavy atom. The van der Waals surface area contributed by atoms with Crippen molar-refractivity contribution in [3.8, 4) is 22.5 Å². The van der Waals surface area contributed by atoms with Gasteiger partial charge in [0.25, 0.3) is 0 Å². The van der Waals surface area contributed by atoms with Crippen molar-refractivity contribution in [2.45, 2.75) is 59.2 Å². The molecule has 3 aromatic carbocycles. The van der Waals surface area contributed by atoms with Gasteiger partial charge in [-0.1, -0.05) is 95.2 Å². The van der Waals surface area contributed by atoms with Crippen molar-refractivity contribution in [3.05, 3.63) is 115 Å². The Morgan fingerprint density at radius 1 is 0.714 bits per heavy atom. The topological polar surface area (TPSA) is 25.8 Å². The molecule has 0 atom stereocenters. The molecule has 5 heteroatoms. The third kappa shape index (κ3) is 6.98. The molecule has 0 aliphatic rings. The monoisotopic (exact) mass is 763 g/mol. The molecule has 3 aromatic heterocycles. The predicted octanol–water partition coefficient (Wildman–Crippen LogP) is 10.3. The van der Waals surface area contributed by atoms with Crippen molar-refractivity contribution < 1.29 is 20.1 Å². The number of pyridine rings is 2. The third-order valence-corrected chi connectivity index (χ3v) is 10.6. The second kappa shape index (κ2) is 13.6. The van der Waals surface area contributed by atoms with E-state index < -0.39 is 8.07 Å². The molecule has 0 saturated carbocycles. The molecule has 0 aliphatic heterocycles. The standard InChI is InChI=1S/C23H24NSSi.C14H14N.Ir/c1-15(2)16-10-12-19(24-14-16)17-11-13-21(26(3,4)5)22-18-8-6-7-9-20(18)25-23(17)22;1-11(2)13-8-9-14(15-10-13)12-6-4-3-5-7-12;/h6-10,12-15H,1-5H3;3-6,8-11H,1-2H3;/q2*-1;. The minimum atomic E-state index is -1.47. The number of benzene rings is 3. The molecule has 1 radical (unpaired) electrons. The van der Waals surface area contributed by atoms with Crippen molar-refractivity contribution >= 4 is 44.8 Å². The minimum Gasteiger partial charge on any atom is -0.304 e. The van der Waals surface area contributed by atoms with E-state index in [0.29, 0.717) is 11.8 Å². The fraction of sp³-hybridized carbons (Fsp3) is 0.243. The van der Waals surface area contributed by atoms with Crippen LogP contribution in [0.15, 0.2) is 91.3 Å². The molecule has 0 amide bonds. The maximum Gasteiger partial charge on any atom is 0.0300 e. The smallest absolute Gasteiger partial charge is 0.0300 e. The fourth-order valence-electron chi connectivity index (χ4n) is 4.91. The zero-order chi connectivity index (χ0) is 29.1. The summed E-state index contributed by atoms with van der Waals surface area (Å²) in [6, 6.07) is 34.2. The summed E-state index contributed by atoms with van der Waals surface area (Å²) in [5, 5.41) is 4.29. The fourth-order valence-corrected chi connectivity index (χ4v) is 7.75. The van der Waals surface area contributed by atoms with E-state index in [2.05, 4.69) is 119 Å². The summed E-state index contributed by atoms with van der Waals surface area (Å²) < 4.78 is 2.68. The summed E-state index contributed by atoms with van der Waals surface area (Å²) in [7, 11) is -1.47. The number of thiophene rings is 1. The van der Waals surface area contributed by atoms with Gasteiger partial charge in [0.2, 0.25) is 0 Å². The second-order valence-electron chi connectivity index (χ2n) is 12.2. The molecule has 42 heavy (non-hydrogen) atoms. The largest absolute Gasteiger partial charge is 0.304 e. The number of hydrogen-bond acceptors (Lipinski definition) is 3. The summed E-state index contributed by atoms with van der Waals surface area (Å²) in [5.41, 5.74) is 6.74. The normalized spacial score (nSPS) is 11.5. The van der Waals surface area contributed by atoms with Gasteiger partial charge in [0.05, 0.1) is 0 Å².